The molecular formula is C25H22ClN3O6S. The fourth-order valence-corrected chi connectivity index (χ4v) is 4.70. The van der Waals surface area contributed by atoms with E-state index in [4.69, 9.17) is 21.1 Å². The van der Waals surface area contributed by atoms with E-state index in [1.807, 2.05) is 6.92 Å². The van der Waals surface area contributed by atoms with Gasteiger partial charge >= 0.3 is 11.9 Å². The third-order valence-corrected chi connectivity index (χ3v) is 6.75. The molecule has 0 spiro atoms. The summed E-state index contributed by atoms with van der Waals surface area (Å²) in [5, 5.41) is 15.9. The number of hydrogen-bond donors (Lipinski definition) is 2. The van der Waals surface area contributed by atoms with Crippen molar-refractivity contribution in [2.45, 2.75) is 12.8 Å². The van der Waals surface area contributed by atoms with Crippen LogP contribution in [0.4, 0.5) is 5.69 Å². The molecular weight excluding hydrogens is 506 g/mol. The van der Waals surface area contributed by atoms with Crippen LogP contribution < -0.4 is 10.6 Å². The van der Waals surface area contributed by atoms with E-state index < -0.39 is 29.7 Å². The minimum absolute atomic E-state index is 0.0903. The molecule has 0 fully saturated rings. The quantitative estimate of drug-likeness (QED) is 0.412. The smallest absolute Gasteiger partial charge is 0.337 e. The molecule has 0 saturated heterocycles. The SMILES string of the molecule is COC(=O)c1ccc([C@@H]2C(C#N)=C(SCC(=O)Nc3cc(Cl)ccc3C)NC(=O)[C@@H]2C(=O)OC)cc1. The summed E-state index contributed by atoms with van der Waals surface area (Å²) in [6.07, 6.45) is 0. The van der Waals surface area contributed by atoms with Crippen molar-refractivity contribution < 1.29 is 28.7 Å². The van der Waals surface area contributed by atoms with Crippen LogP contribution in [0, 0.1) is 24.2 Å². The van der Waals surface area contributed by atoms with E-state index in [0.717, 1.165) is 24.4 Å². The molecule has 3 rings (SSSR count). The second-order valence-corrected chi connectivity index (χ2v) is 9.15. The maximum absolute atomic E-state index is 12.9. The molecule has 2 atom stereocenters. The van der Waals surface area contributed by atoms with Crippen LogP contribution in [0.3, 0.4) is 0 Å². The molecule has 2 amide bonds. The molecule has 1 aliphatic rings. The Hall–Kier alpha value is -3.81. The van der Waals surface area contributed by atoms with Crippen molar-refractivity contribution in [3.63, 3.8) is 0 Å². The van der Waals surface area contributed by atoms with E-state index in [0.29, 0.717) is 16.3 Å². The number of halogens is 1. The van der Waals surface area contributed by atoms with Crippen molar-refractivity contribution in [3.8, 4) is 6.07 Å². The summed E-state index contributed by atoms with van der Waals surface area (Å²) in [7, 11) is 2.40. The molecule has 0 saturated carbocycles. The highest BCUT2D eigenvalue weighted by Gasteiger charge is 2.44. The van der Waals surface area contributed by atoms with Gasteiger partial charge in [-0.15, -0.1) is 0 Å². The molecule has 2 aromatic rings. The third-order valence-electron chi connectivity index (χ3n) is 5.50. The Balaban J connectivity index is 1.91. The number of allylic oxidation sites excluding steroid dienone is 1. The van der Waals surface area contributed by atoms with Crippen LogP contribution in [-0.2, 0) is 23.9 Å². The number of rotatable bonds is 7. The monoisotopic (exact) mass is 527 g/mol. The molecule has 0 aromatic heterocycles. The molecule has 186 valence electrons. The lowest BCUT2D eigenvalue weighted by Gasteiger charge is -2.31. The van der Waals surface area contributed by atoms with Gasteiger partial charge < -0.3 is 20.1 Å². The number of carbonyl (C=O) groups is 4. The summed E-state index contributed by atoms with van der Waals surface area (Å²) in [6.45, 7) is 1.82. The number of anilines is 1. The van der Waals surface area contributed by atoms with Crippen LogP contribution in [0.15, 0.2) is 53.1 Å². The highest BCUT2D eigenvalue weighted by Crippen LogP contribution is 2.40. The fraction of sp³-hybridized carbons (Fsp3) is 0.240. The van der Waals surface area contributed by atoms with E-state index >= 15 is 0 Å². The van der Waals surface area contributed by atoms with Crippen LogP contribution in [0.1, 0.15) is 27.4 Å². The number of nitriles is 1. The number of methoxy groups -OCH3 is 2. The highest BCUT2D eigenvalue weighted by molar-refractivity contribution is 8.03. The first kappa shape index (κ1) is 26.8. The van der Waals surface area contributed by atoms with E-state index in [1.165, 1.54) is 19.2 Å². The van der Waals surface area contributed by atoms with Crippen LogP contribution in [0.2, 0.25) is 5.02 Å². The lowest BCUT2D eigenvalue weighted by molar-refractivity contribution is -0.150. The zero-order valence-electron chi connectivity index (χ0n) is 19.6. The molecule has 2 N–H and O–H groups in total. The number of ether oxygens (including phenoxy) is 2. The van der Waals surface area contributed by atoms with Crippen molar-refractivity contribution in [2.24, 2.45) is 5.92 Å². The summed E-state index contributed by atoms with van der Waals surface area (Å²) in [5.41, 5.74) is 2.16. The van der Waals surface area contributed by atoms with Gasteiger partial charge in [0.25, 0.3) is 0 Å². The van der Waals surface area contributed by atoms with Gasteiger partial charge in [-0.05, 0) is 42.3 Å². The maximum atomic E-state index is 12.9. The van der Waals surface area contributed by atoms with Crippen molar-refractivity contribution in [1.82, 2.24) is 5.32 Å². The molecule has 0 unspecified atom stereocenters. The van der Waals surface area contributed by atoms with Gasteiger partial charge in [-0.2, -0.15) is 5.26 Å². The van der Waals surface area contributed by atoms with Gasteiger partial charge in [0.05, 0.1) is 42.2 Å². The second-order valence-electron chi connectivity index (χ2n) is 7.73. The zero-order chi connectivity index (χ0) is 26.4. The number of aryl methyl sites for hydroxylation is 1. The van der Waals surface area contributed by atoms with Gasteiger partial charge in [0.2, 0.25) is 11.8 Å². The molecule has 9 nitrogen and oxygen atoms in total. The number of amides is 2. The largest absolute Gasteiger partial charge is 0.468 e. The first-order valence-corrected chi connectivity index (χ1v) is 12.0. The Labute approximate surface area is 216 Å². The van der Waals surface area contributed by atoms with Crippen LogP contribution in [0.5, 0.6) is 0 Å². The highest BCUT2D eigenvalue weighted by atomic mass is 35.5. The van der Waals surface area contributed by atoms with Crippen molar-refractivity contribution in [3.05, 3.63) is 74.8 Å². The molecule has 0 aliphatic carbocycles. The number of thioether (sulfide) groups is 1. The van der Waals surface area contributed by atoms with Gasteiger partial charge in [-0.1, -0.05) is 41.6 Å². The minimum atomic E-state index is -1.33. The Bertz CT molecular complexity index is 1290. The van der Waals surface area contributed by atoms with Crippen molar-refractivity contribution in [1.29, 1.82) is 5.26 Å². The predicted octanol–water partition coefficient (Wildman–Crippen LogP) is 3.54. The number of hydrogen-bond acceptors (Lipinski definition) is 8. The molecule has 0 radical (unpaired) electrons. The average Bonchev–Trinajstić information content (AvgIpc) is 2.88. The standard InChI is InChI=1S/C25H22ClN3O6S/c1-13-4-9-16(26)10-18(13)28-19(30)12-36-23-17(11-27)20(21(22(31)29-23)25(33)35-3)14-5-7-15(8-6-14)24(32)34-2/h4-10,20-21H,12H2,1-3H3,(H,28,30)(H,29,31)/t20-,21-/m1/s1. The van der Waals surface area contributed by atoms with Gasteiger partial charge in [-0.25, -0.2) is 4.79 Å². The summed E-state index contributed by atoms with van der Waals surface area (Å²) in [6, 6.07) is 13.2. The molecule has 1 aliphatic heterocycles. The summed E-state index contributed by atoms with van der Waals surface area (Å²) in [4.78, 5) is 49.8. The lowest BCUT2D eigenvalue weighted by Crippen LogP contribution is -2.44. The Morgan fingerprint density at radius 1 is 1.14 bits per heavy atom. The number of benzene rings is 2. The number of nitrogens with one attached hydrogen (secondary N) is 2. The van der Waals surface area contributed by atoms with Crippen molar-refractivity contribution in [2.75, 3.05) is 25.3 Å². The van der Waals surface area contributed by atoms with E-state index in [1.54, 1.807) is 30.3 Å². The van der Waals surface area contributed by atoms with Crippen molar-refractivity contribution >= 4 is 52.8 Å². The summed E-state index contributed by atoms with van der Waals surface area (Å²) < 4.78 is 9.52. The summed E-state index contributed by atoms with van der Waals surface area (Å²) in [5.74, 6) is -4.86. The fourth-order valence-electron chi connectivity index (χ4n) is 3.68. The predicted molar refractivity (Wildman–Crippen MR) is 134 cm³/mol. The Kier molecular flexibility index (Phi) is 8.74. The van der Waals surface area contributed by atoms with Crippen LogP contribution >= 0.6 is 23.4 Å². The third kappa shape index (κ3) is 5.87. The van der Waals surface area contributed by atoms with Gasteiger partial charge in [0.1, 0.15) is 5.92 Å². The molecule has 36 heavy (non-hydrogen) atoms. The lowest BCUT2D eigenvalue weighted by atomic mass is 9.78. The number of nitrogens with zero attached hydrogens (tertiary/aromatic N) is 1. The van der Waals surface area contributed by atoms with E-state index in [-0.39, 0.29) is 27.8 Å². The first-order chi connectivity index (χ1) is 17.2. The second kappa shape index (κ2) is 11.7. The topological polar surface area (TPSA) is 135 Å². The molecule has 0 bridgehead atoms. The molecule has 11 heteroatoms. The van der Waals surface area contributed by atoms with Gasteiger partial charge in [0.15, 0.2) is 0 Å². The average molecular weight is 528 g/mol. The minimum Gasteiger partial charge on any atom is -0.468 e. The van der Waals surface area contributed by atoms with E-state index in [2.05, 4.69) is 16.7 Å². The Morgan fingerprint density at radius 3 is 2.44 bits per heavy atom. The Morgan fingerprint density at radius 2 is 1.83 bits per heavy atom. The number of carbonyl (C=O) groups excluding carboxylic acids is 4. The molecule has 1 heterocycles. The molecule has 2 aromatic carbocycles. The van der Waals surface area contributed by atoms with Gasteiger partial charge in [-0.3, -0.25) is 14.4 Å². The number of esters is 2. The van der Waals surface area contributed by atoms with Gasteiger partial charge in [0, 0.05) is 16.6 Å². The first-order valence-electron chi connectivity index (χ1n) is 10.6. The normalized spacial score (nSPS) is 17.0. The summed E-state index contributed by atoms with van der Waals surface area (Å²) >= 11 is 6.96. The zero-order valence-corrected chi connectivity index (χ0v) is 21.2. The maximum Gasteiger partial charge on any atom is 0.337 e. The van der Waals surface area contributed by atoms with Crippen LogP contribution in [0.25, 0.3) is 0 Å². The van der Waals surface area contributed by atoms with Crippen LogP contribution in [-0.4, -0.2) is 43.7 Å². The van der Waals surface area contributed by atoms with E-state index in [9.17, 15) is 24.4 Å².